The number of carbonyl (C=O) groups excluding carboxylic acids is 1. The van der Waals surface area contributed by atoms with Crippen molar-refractivity contribution in [2.75, 3.05) is 13.2 Å². The van der Waals surface area contributed by atoms with Crippen LogP contribution in [0.2, 0.25) is 0 Å². The lowest BCUT2D eigenvalue weighted by molar-refractivity contribution is -0.123. The molecule has 2 aromatic rings. The predicted molar refractivity (Wildman–Crippen MR) is 82.9 cm³/mol. The van der Waals surface area contributed by atoms with E-state index in [1.165, 1.54) is 17.0 Å². The van der Waals surface area contributed by atoms with E-state index in [0.717, 1.165) is 5.56 Å². The van der Waals surface area contributed by atoms with Crippen LogP contribution < -0.4 is 15.6 Å². The fourth-order valence-corrected chi connectivity index (χ4v) is 1.91. The van der Waals surface area contributed by atoms with E-state index in [4.69, 9.17) is 4.74 Å². The largest absolute Gasteiger partial charge is 0.484 e. The summed E-state index contributed by atoms with van der Waals surface area (Å²) in [6.45, 7) is 4.39. The first kappa shape index (κ1) is 15.8. The third kappa shape index (κ3) is 4.73. The molecule has 2 rings (SSSR count). The van der Waals surface area contributed by atoms with E-state index in [1.54, 1.807) is 13.0 Å². The minimum Gasteiger partial charge on any atom is -0.484 e. The minimum absolute atomic E-state index is 0.0511. The van der Waals surface area contributed by atoms with Crippen LogP contribution in [-0.4, -0.2) is 28.6 Å². The Labute approximate surface area is 128 Å². The standard InChI is InChI=1S/C16H19N3O3/c1-12-4-3-5-14(8-12)22-10-15(20)17-6-7-19-11-18-13(2)9-16(19)21/h3-5,8-9,11H,6-7,10H2,1-2H3,(H,17,20). The molecule has 0 bridgehead atoms. The van der Waals surface area contributed by atoms with Crippen LogP contribution in [0.15, 0.2) is 41.5 Å². The zero-order valence-corrected chi connectivity index (χ0v) is 12.7. The first-order valence-corrected chi connectivity index (χ1v) is 7.04. The van der Waals surface area contributed by atoms with Gasteiger partial charge in [-0.05, 0) is 31.5 Å². The summed E-state index contributed by atoms with van der Waals surface area (Å²) in [5, 5.41) is 2.71. The molecular formula is C16H19N3O3. The van der Waals surface area contributed by atoms with Crippen LogP contribution >= 0.6 is 0 Å². The predicted octanol–water partition coefficient (Wildman–Crippen LogP) is 1.06. The van der Waals surface area contributed by atoms with Gasteiger partial charge in [-0.3, -0.25) is 14.2 Å². The molecule has 22 heavy (non-hydrogen) atoms. The highest BCUT2D eigenvalue weighted by molar-refractivity contribution is 5.77. The number of hydrogen-bond acceptors (Lipinski definition) is 4. The molecule has 1 amide bonds. The van der Waals surface area contributed by atoms with Gasteiger partial charge in [0, 0.05) is 24.8 Å². The second kappa shape index (κ2) is 7.40. The number of amides is 1. The molecule has 0 aliphatic rings. The lowest BCUT2D eigenvalue weighted by atomic mass is 10.2. The fourth-order valence-electron chi connectivity index (χ4n) is 1.91. The van der Waals surface area contributed by atoms with E-state index < -0.39 is 0 Å². The summed E-state index contributed by atoms with van der Waals surface area (Å²) in [6.07, 6.45) is 1.48. The first-order valence-electron chi connectivity index (χ1n) is 7.04. The summed E-state index contributed by atoms with van der Waals surface area (Å²) in [6, 6.07) is 8.96. The molecule has 0 fully saturated rings. The molecule has 116 valence electrons. The Bertz CT molecular complexity index is 710. The minimum atomic E-state index is -0.227. The Morgan fingerprint density at radius 2 is 2.14 bits per heavy atom. The van der Waals surface area contributed by atoms with Crippen molar-refractivity contribution >= 4 is 5.91 Å². The average molecular weight is 301 g/mol. The molecule has 0 aliphatic heterocycles. The Morgan fingerprint density at radius 1 is 1.32 bits per heavy atom. The molecular weight excluding hydrogens is 282 g/mol. The second-order valence-corrected chi connectivity index (χ2v) is 5.02. The van der Waals surface area contributed by atoms with Gasteiger partial charge in [0.2, 0.25) is 0 Å². The Kier molecular flexibility index (Phi) is 5.30. The van der Waals surface area contributed by atoms with E-state index >= 15 is 0 Å². The molecule has 1 heterocycles. The summed E-state index contributed by atoms with van der Waals surface area (Å²) in [4.78, 5) is 27.4. The van der Waals surface area contributed by atoms with Gasteiger partial charge >= 0.3 is 0 Å². The number of rotatable bonds is 6. The van der Waals surface area contributed by atoms with Gasteiger partial charge in [-0.25, -0.2) is 4.98 Å². The lowest BCUT2D eigenvalue weighted by Gasteiger charge is -2.09. The SMILES string of the molecule is Cc1cccc(OCC(=O)NCCn2cnc(C)cc2=O)c1. The highest BCUT2D eigenvalue weighted by Gasteiger charge is 2.03. The molecule has 1 N–H and O–H groups in total. The third-order valence-electron chi connectivity index (χ3n) is 3.05. The molecule has 0 radical (unpaired) electrons. The second-order valence-electron chi connectivity index (χ2n) is 5.02. The first-order chi connectivity index (χ1) is 10.5. The number of carbonyl (C=O) groups is 1. The molecule has 0 aliphatic carbocycles. The van der Waals surface area contributed by atoms with Crippen LogP contribution in [0, 0.1) is 13.8 Å². The topological polar surface area (TPSA) is 73.2 Å². The molecule has 6 heteroatoms. The molecule has 6 nitrogen and oxygen atoms in total. The van der Waals surface area contributed by atoms with Crippen molar-refractivity contribution in [1.29, 1.82) is 0 Å². The van der Waals surface area contributed by atoms with Gasteiger partial charge in [-0.1, -0.05) is 12.1 Å². The highest BCUT2D eigenvalue weighted by Crippen LogP contribution is 2.11. The molecule has 0 saturated heterocycles. The number of nitrogens with zero attached hydrogens (tertiary/aromatic N) is 2. The number of benzene rings is 1. The van der Waals surface area contributed by atoms with Crippen molar-refractivity contribution in [3.63, 3.8) is 0 Å². The van der Waals surface area contributed by atoms with Crippen LogP contribution in [0.4, 0.5) is 0 Å². The summed E-state index contributed by atoms with van der Waals surface area (Å²) < 4.78 is 6.85. The Balaban J connectivity index is 1.75. The molecule has 0 spiro atoms. The quantitative estimate of drug-likeness (QED) is 0.865. The van der Waals surface area contributed by atoms with Gasteiger partial charge < -0.3 is 10.1 Å². The number of ether oxygens (including phenoxy) is 1. The van der Waals surface area contributed by atoms with E-state index in [1.807, 2.05) is 25.1 Å². The zero-order chi connectivity index (χ0) is 15.9. The van der Waals surface area contributed by atoms with E-state index in [0.29, 0.717) is 24.5 Å². The van der Waals surface area contributed by atoms with Crippen molar-refractivity contribution in [3.8, 4) is 5.75 Å². The number of nitrogens with one attached hydrogen (secondary N) is 1. The van der Waals surface area contributed by atoms with Crippen molar-refractivity contribution in [1.82, 2.24) is 14.9 Å². The maximum absolute atomic E-state index is 11.7. The molecule has 1 aromatic carbocycles. The van der Waals surface area contributed by atoms with Crippen LogP contribution in [0.25, 0.3) is 0 Å². The van der Waals surface area contributed by atoms with Crippen LogP contribution in [0.5, 0.6) is 5.75 Å². The fraction of sp³-hybridized carbons (Fsp3) is 0.312. The van der Waals surface area contributed by atoms with Crippen molar-refractivity contribution in [3.05, 3.63) is 58.3 Å². The smallest absolute Gasteiger partial charge is 0.258 e. The Morgan fingerprint density at radius 3 is 2.86 bits per heavy atom. The van der Waals surface area contributed by atoms with Gasteiger partial charge in [0.15, 0.2) is 6.61 Å². The molecule has 0 saturated carbocycles. The van der Waals surface area contributed by atoms with Gasteiger partial charge in [0.1, 0.15) is 5.75 Å². The maximum atomic E-state index is 11.7. The zero-order valence-electron chi connectivity index (χ0n) is 12.7. The number of hydrogen-bond donors (Lipinski definition) is 1. The molecule has 0 atom stereocenters. The van der Waals surface area contributed by atoms with E-state index in [9.17, 15) is 9.59 Å². The van der Waals surface area contributed by atoms with Crippen molar-refractivity contribution in [2.24, 2.45) is 0 Å². The molecule has 1 aromatic heterocycles. The summed E-state index contributed by atoms with van der Waals surface area (Å²) in [7, 11) is 0. The van der Waals surface area contributed by atoms with Crippen molar-refractivity contribution < 1.29 is 9.53 Å². The maximum Gasteiger partial charge on any atom is 0.258 e. The third-order valence-corrected chi connectivity index (χ3v) is 3.05. The van der Waals surface area contributed by atoms with Crippen LogP contribution in [0.3, 0.4) is 0 Å². The van der Waals surface area contributed by atoms with Gasteiger partial charge in [-0.15, -0.1) is 0 Å². The van der Waals surface area contributed by atoms with Gasteiger partial charge in [0.05, 0.1) is 6.33 Å². The number of aromatic nitrogens is 2. The van der Waals surface area contributed by atoms with Crippen LogP contribution in [0.1, 0.15) is 11.3 Å². The lowest BCUT2D eigenvalue weighted by Crippen LogP contribution is -2.33. The average Bonchev–Trinajstić information content (AvgIpc) is 2.47. The van der Waals surface area contributed by atoms with Crippen molar-refractivity contribution in [2.45, 2.75) is 20.4 Å². The molecule has 0 unspecified atom stereocenters. The summed E-state index contributed by atoms with van der Waals surface area (Å²) in [5.41, 5.74) is 1.62. The normalized spacial score (nSPS) is 10.3. The Hall–Kier alpha value is -2.63. The summed E-state index contributed by atoms with van der Waals surface area (Å²) in [5.74, 6) is 0.434. The van der Waals surface area contributed by atoms with Gasteiger partial charge in [-0.2, -0.15) is 0 Å². The van der Waals surface area contributed by atoms with E-state index in [2.05, 4.69) is 10.3 Å². The van der Waals surface area contributed by atoms with Crippen LogP contribution in [-0.2, 0) is 11.3 Å². The monoisotopic (exact) mass is 301 g/mol. The highest BCUT2D eigenvalue weighted by atomic mass is 16.5. The number of aryl methyl sites for hydroxylation is 2. The summed E-state index contributed by atoms with van der Waals surface area (Å²) >= 11 is 0. The van der Waals surface area contributed by atoms with Gasteiger partial charge in [0.25, 0.3) is 11.5 Å². The van der Waals surface area contributed by atoms with E-state index in [-0.39, 0.29) is 18.1 Å².